The molecule has 0 aliphatic carbocycles. The molecule has 26 heavy (non-hydrogen) atoms. The molecule has 2 aromatic rings. The third-order valence-corrected chi connectivity index (χ3v) is 4.40. The van der Waals surface area contributed by atoms with Crippen LogP contribution in [-0.4, -0.2) is 48.8 Å². The third-order valence-electron chi connectivity index (χ3n) is 4.40. The number of hydrogen-bond donors (Lipinski definition) is 3. The number of benzene rings is 2. The molecule has 3 N–H and O–H groups in total. The summed E-state index contributed by atoms with van der Waals surface area (Å²) in [4.78, 5) is 14.3. The van der Waals surface area contributed by atoms with Gasteiger partial charge in [-0.25, -0.2) is 4.79 Å². The molecule has 0 bridgehead atoms. The van der Waals surface area contributed by atoms with E-state index >= 15 is 0 Å². The van der Waals surface area contributed by atoms with Gasteiger partial charge in [-0.1, -0.05) is 42.5 Å². The zero-order valence-electron chi connectivity index (χ0n) is 15.8. The monoisotopic (exact) mass is 355 g/mol. The van der Waals surface area contributed by atoms with E-state index in [0.29, 0.717) is 6.54 Å². The molecular weight excluding hydrogens is 326 g/mol. The maximum absolute atomic E-state index is 12.2. The number of rotatable bonds is 8. The van der Waals surface area contributed by atoms with Gasteiger partial charge in [0.15, 0.2) is 0 Å². The molecule has 2 aromatic carbocycles. The number of aromatic hydroxyl groups is 1. The number of hydrogen-bond acceptors (Lipinski definition) is 3. The summed E-state index contributed by atoms with van der Waals surface area (Å²) in [6, 6.07) is 17.4. The van der Waals surface area contributed by atoms with Crippen molar-refractivity contribution in [3.63, 3.8) is 0 Å². The van der Waals surface area contributed by atoms with Crippen molar-refractivity contribution in [1.29, 1.82) is 0 Å². The second-order valence-electron chi connectivity index (χ2n) is 6.93. The van der Waals surface area contributed by atoms with E-state index in [2.05, 4.69) is 27.7 Å². The van der Waals surface area contributed by atoms with Crippen LogP contribution in [0.5, 0.6) is 5.75 Å². The molecule has 0 saturated heterocycles. The quantitative estimate of drug-likeness (QED) is 0.682. The van der Waals surface area contributed by atoms with E-state index in [9.17, 15) is 9.90 Å². The first-order valence-electron chi connectivity index (χ1n) is 8.96. The van der Waals surface area contributed by atoms with Crippen molar-refractivity contribution in [2.75, 3.05) is 20.6 Å². The van der Waals surface area contributed by atoms with Crippen LogP contribution in [0.15, 0.2) is 54.6 Å². The molecule has 0 aliphatic heterocycles. The van der Waals surface area contributed by atoms with Gasteiger partial charge in [-0.15, -0.1) is 0 Å². The van der Waals surface area contributed by atoms with Crippen molar-refractivity contribution in [3.8, 4) is 5.75 Å². The summed E-state index contributed by atoms with van der Waals surface area (Å²) in [5.41, 5.74) is 2.33. The number of carbonyl (C=O) groups excluding carboxylic acids is 1. The van der Waals surface area contributed by atoms with Gasteiger partial charge >= 0.3 is 6.03 Å². The van der Waals surface area contributed by atoms with Crippen LogP contribution in [-0.2, 0) is 12.8 Å². The van der Waals surface area contributed by atoms with Gasteiger partial charge in [0.2, 0.25) is 0 Å². The molecule has 5 nitrogen and oxygen atoms in total. The number of phenolic OH excluding ortho intramolecular Hbond substituents is 1. The normalized spacial score (nSPS) is 13.2. The highest BCUT2D eigenvalue weighted by atomic mass is 16.3. The highest BCUT2D eigenvalue weighted by Crippen LogP contribution is 2.12. The van der Waals surface area contributed by atoms with Crippen molar-refractivity contribution in [1.82, 2.24) is 15.5 Å². The van der Waals surface area contributed by atoms with Gasteiger partial charge in [0.1, 0.15) is 5.75 Å². The first-order chi connectivity index (χ1) is 12.4. The summed E-state index contributed by atoms with van der Waals surface area (Å²) in [5.74, 6) is 0.264. The minimum absolute atomic E-state index is 0.0623. The second kappa shape index (κ2) is 9.82. The summed E-state index contributed by atoms with van der Waals surface area (Å²) >= 11 is 0. The number of amides is 2. The first kappa shape index (κ1) is 19.8. The lowest BCUT2D eigenvalue weighted by molar-refractivity contribution is 0.229. The van der Waals surface area contributed by atoms with Crippen LogP contribution in [0.1, 0.15) is 18.1 Å². The molecule has 0 heterocycles. The highest BCUT2D eigenvalue weighted by molar-refractivity contribution is 5.74. The van der Waals surface area contributed by atoms with Crippen LogP contribution < -0.4 is 10.6 Å². The topological polar surface area (TPSA) is 64.6 Å². The van der Waals surface area contributed by atoms with Gasteiger partial charge in [0.25, 0.3) is 0 Å². The van der Waals surface area contributed by atoms with Crippen molar-refractivity contribution >= 4 is 6.03 Å². The Balaban J connectivity index is 1.80. The Bertz CT molecular complexity index is 671. The van der Waals surface area contributed by atoms with Gasteiger partial charge in [-0.05, 0) is 57.1 Å². The Kier molecular flexibility index (Phi) is 7.48. The molecule has 2 atom stereocenters. The van der Waals surface area contributed by atoms with Crippen molar-refractivity contribution in [2.45, 2.75) is 31.8 Å². The highest BCUT2D eigenvalue weighted by Gasteiger charge is 2.15. The van der Waals surface area contributed by atoms with Gasteiger partial charge in [-0.3, -0.25) is 0 Å². The maximum atomic E-state index is 12.2. The van der Waals surface area contributed by atoms with Crippen LogP contribution in [0.2, 0.25) is 0 Å². The SMILES string of the molecule is CC(Cc1ccccc1)NC(=O)NC[C@H](Cc1ccc(O)cc1)N(C)C. The number of carbonyl (C=O) groups is 1. The number of nitrogens with one attached hydrogen (secondary N) is 2. The minimum atomic E-state index is -0.147. The molecule has 0 saturated carbocycles. The lowest BCUT2D eigenvalue weighted by Gasteiger charge is -2.25. The number of nitrogens with zero attached hydrogens (tertiary/aromatic N) is 1. The molecule has 1 unspecified atom stereocenters. The Morgan fingerprint density at radius 1 is 1.00 bits per heavy atom. The van der Waals surface area contributed by atoms with Crippen LogP contribution in [0.3, 0.4) is 0 Å². The van der Waals surface area contributed by atoms with Crippen molar-refractivity contribution < 1.29 is 9.90 Å². The standard InChI is InChI=1S/C21H29N3O2/c1-16(13-17-7-5-4-6-8-17)23-21(26)22-15-19(24(2)3)14-18-9-11-20(25)12-10-18/h4-12,16,19,25H,13-15H2,1-3H3,(H2,22,23,26)/t16?,19-/m0/s1. The molecule has 0 aliphatic rings. The van der Waals surface area contributed by atoms with Crippen LogP contribution in [0.25, 0.3) is 0 Å². The van der Waals surface area contributed by atoms with Crippen molar-refractivity contribution in [3.05, 3.63) is 65.7 Å². The van der Waals surface area contributed by atoms with Crippen LogP contribution in [0.4, 0.5) is 4.79 Å². The molecule has 0 radical (unpaired) electrons. The summed E-state index contributed by atoms with van der Waals surface area (Å²) in [5, 5.41) is 15.4. The average Bonchev–Trinajstić information content (AvgIpc) is 2.60. The third kappa shape index (κ3) is 6.76. The molecule has 0 fully saturated rings. The van der Waals surface area contributed by atoms with Gasteiger partial charge < -0.3 is 20.6 Å². The van der Waals surface area contributed by atoms with E-state index in [0.717, 1.165) is 18.4 Å². The molecular formula is C21H29N3O2. The molecule has 2 rings (SSSR count). The largest absolute Gasteiger partial charge is 0.508 e. The van der Waals surface area contributed by atoms with E-state index in [1.54, 1.807) is 12.1 Å². The molecule has 140 valence electrons. The van der Waals surface area contributed by atoms with Crippen LogP contribution in [0, 0.1) is 0 Å². The second-order valence-corrected chi connectivity index (χ2v) is 6.93. The van der Waals surface area contributed by atoms with Gasteiger partial charge in [0.05, 0.1) is 0 Å². The smallest absolute Gasteiger partial charge is 0.315 e. The number of likely N-dealkylation sites (N-methyl/N-ethyl adjacent to an activating group) is 1. The summed E-state index contributed by atoms with van der Waals surface area (Å²) in [6.45, 7) is 2.56. The summed E-state index contributed by atoms with van der Waals surface area (Å²) < 4.78 is 0. The molecule has 5 heteroatoms. The summed E-state index contributed by atoms with van der Waals surface area (Å²) in [6.07, 6.45) is 1.60. The fourth-order valence-electron chi connectivity index (χ4n) is 2.85. The Morgan fingerprint density at radius 2 is 1.62 bits per heavy atom. The zero-order chi connectivity index (χ0) is 18.9. The van der Waals surface area contributed by atoms with Gasteiger partial charge in [0, 0.05) is 18.6 Å². The van der Waals surface area contributed by atoms with E-state index in [-0.39, 0.29) is 23.9 Å². The fraction of sp³-hybridized carbons (Fsp3) is 0.381. The molecule has 0 aromatic heterocycles. The Morgan fingerprint density at radius 3 is 2.23 bits per heavy atom. The number of urea groups is 1. The predicted molar refractivity (Wildman–Crippen MR) is 105 cm³/mol. The predicted octanol–water partition coefficient (Wildman–Crippen LogP) is 2.80. The zero-order valence-corrected chi connectivity index (χ0v) is 15.8. The van der Waals surface area contributed by atoms with E-state index < -0.39 is 0 Å². The lowest BCUT2D eigenvalue weighted by Crippen LogP contribution is -2.47. The average molecular weight is 355 g/mol. The van der Waals surface area contributed by atoms with E-state index in [1.807, 2.05) is 51.4 Å². The van der Waals surface area contributed by atoms with E-state index in [4.69, 9.17) is 0 Å². The lowest BCUT2D eigenvalue weighted by atomic mass is 10.0. The Labute approximate surface area is 156 Å². The van der Waals surface area contributed by atoms with Crippen molar-refractivity contribution in [2.24, 2.45) is 0 Å². The number of phenols is 1. The summed E-state index contributed by atoms with van der Waals surface area (Å²) in [7, 11) is 4.01. The van der Waals surface area contributed by atoms with Gasteiger partial charge in [-0.2, -0.15) is 0 Å². The molecule has 2 amide bonds. The Hall–Kier alpha value is -2.53. The fourth-order valence-corrected chi connectivity index (χ4v) is 2.85. The first-order valence-corrected chi connectivity index (χ1v) is 8.96. The maximum Gasteiger partial charge on any atom is 0.315 e. The van der Waals surface area contributed by atoms with E-state index in [1.165, 1.54) is 5.56 Å². The molecule has 0 spiro atoms. The minimum Gasteiger partial charge on any atom is -0.508 e. The van der Waals surface area contributed by atoms with Crippen LogP contribution >= 0.6 is 0 Å².